The summed E-state index contributed by atoms with van der Waals surface area (Å²) in [7, 11) is -5.69. The van der Waals surface area contributed by atoms with Gasteiger partial charge in [-0.3, -0.25) is 0 Å². The Morgan fingerprint density at radius 1 is 1.24 bits per heavy atom. The average Bonchev–Trinajstić information content (AvgIpc) is 2.26. The second-order valence-electron chi connectivity index (χ2n) is 4.47. The van der Waals surface area contributed by atoms with Crippen molar-refractivity contribution in [2.75, 3.05) is 29.6 Å². The molecule has 0 radical (unpaired) electrons. The molecule has 0 atom stereocenters. The molecule has 1 N–H and O–H groups in total. The van der Waals surface area contributed by atoms with E-state index in [1.807, 2.05) is 0 Å². The molecule has 102 valence electrons. The van der Waals surface area contributed by atoms with E-state index >= 15 is 0 Å². The van der Waals surface area contributed by atoms with Crippen LogP contribution in [-0.4, -0.2) is 52.4 Å². The largest absolute Gasteiger partial charge is 0.314 e. The summed E-state index contributed by atoms with van der Waals surface area (Å²) in [4.78, 5) is 0. The van der Waals surface area contributed by atoms with Crippen molar-refractivity contribution in [2.24, 2.45) is 0 Å². The van der Waals surface area contributed by atoms with Crippen LogP contribution in [0, 0.1) is 0 Å². The first-order valence-corrected chi connectivity index (χ1v) is 9.63. The van der Waals surface area contributed by atoms with E-state index in [-0.39, 0.29) is 29.1 Å². The molecule has 17 heavy (non-hydrogen) atoms. The molecule has 0 aromatic rings. The minimum atomic E-state index is -2.88. The number of hydrogen-bond donors (Lipinski definition) is 1. The van der Waals surface area contributed by atoms with Gasteiger partial charge in [-0.25, -0.2) is 16.8 Å². The monoisotopic (exact) mass is 283 g/mol. The van der Waals surface area contributed by atoms with Gasteiger partial charge in [0.25, 0.3) is 0 Å². The Hall–Kier alpha value is -0.140. The van der Waals surface area contributed by atoms with E-state index < -0.39 is 19.7 Å². The lowest BCUT2D eigenvalue weighted by Gasteiger charge is -2.23. The number of hydrogen-bond acceptors (Lipinski definition) is 5. The van der Waals surface area contributed by atoms with E-state index in [0.717, 1.165) is 0 Å². The van der Waals surface area contributed by atoms with E-state index in [2.05, 4.69) is 5.32 Å². The van der Waals surface area contributed by atoms with Crippen LogP contribution in [0.4, 0.5) is 0 Å². The topological polar surface area (TPSA) is 80.3 Å². The molecule has 1 aliphatic heterocycles. The average molecular weight is 283 g/mol. The van der Waals surface area contributed by atoms with Crippen LogP contribution in [0.1, 0.15) is 26.2 Å². The maximum absolute atomic E-state index is 11.2. The number of sulfone groups is 2. The smallest absolute Gasteiger partial charge is 0.150 e. The summed E-state index contributed by atoms with van der Waals surface area (Å²) in [5, 5.41) is 3.23. The summed E-state index contributed by atoms with van der Waals surface area (Å²) in [5.74, 6) is 0.895. The van der Waals surface area contributed by atoms with E-state index in [1.54, 1.807) is 6.92 Å². The van der Waals surface area contributed by atoms with Crippen LogP contribution in [0.25, 0.3) is 0 Å². The normalized spacial score (nSPS) is 21.5. The number of nitrogens with one attached hydrogen (secondary N) is 1. The van der Waals surface area contributed by atoms with Crippen molar-refractivity contribution in [1.29, 1.82) is 0 Å². The van der Waals surface area contributed by atoms with Gasteiger partial charge in [-0.15, -0.1) is 0 Å². The Balaban J connectivity index is 2.17. The molecule has 0 amide bonds. The Morgan fingerprint density at radius 3 is 2.35 bits per heavy atom. The van der Waals surface area contributed by atoms with Crippen molar-refractivity contribution >= 4 is 19.7 Å². The number of rotatable bonds is 6. The zero-order valence-corrected chi connectivity index (χ0v) is 11.8. The summed E-state index contributed by atoms with van der Waals surface area (Å²) < 4.78 is 44.8. The molecule has 0 spiro atoms. The molecule has 1 fully saturated rings. The van der Waals surface area contributed by atoms with Gasteiger partial charge in [0.15, 0.2) is 0 Å². The lowest BCUT2D eigenvalue weighted by atomic mass is 10.1. The molecular weight excluding hydrogens is 262 g/mol. The van der Waals surface area contributed by atoms with Crippen molar-refractivity contribution in [3.63, 3.8) is 0 Å². The Bertz CT molecular complexity index is 413. The maximum Gasteiger partial charge on any atom is 0.150 e. The first-order valence-electron chi connectivity index (χ1n) is 5.99. The van der Waals surface area contributed by atoms with Gasteiger partial charge in [-0.2, -0.15) is 0 Å². The maximum atomic E-state index is 11.2. The molecule has 0 saturated carbocycles. The molecule has 0 aromatic carbocycles. The van der Waals surface area contributed by atoms with Gasteiger partial charge in [-0.1, -0.05) is 6.92 Å². The van der Waals surface area contributed by atoms with Crippen LogP contribution < -0.4 is 5.32 Å². The van der Waals surface area contributed by atoms with Crippen molar-refractivity contribution in [1.82, 2.24) is 5.32 Å². The van der Waals surface area contributed by atoms with E-state index in [0.29, 0.717) is 25.8 Å². The third-order valence-corrected chi connectivity index (χ3v) is 6.57. The molecule has 1 heterocycles. The van der Waals surface area contributed by atoms with Gasteiger partial charge in [0.1, 0.15) is 19.7 Å². The van der Waals surface area contributed by atoms with Gasteiger partial charge in [-0.05, 0) is 25.8 Å². The molecule has 1 rings (SSSR count). The van der Waals surface area contributed by atoms with Gasteiger partial charge in [0.2, 0.25) is 0 Å². The Morgan fingerprint density at radius 2 is 1.82 bits per heavy atom. The highest BCUT2D eigenvalue weighted by Crippen LogP contribution is 2.11. The van der Waals surface area contributed by atoms with Gasteiger partial charge in [0.05, 0.1) is 17.3 Å². The molecule has 7 heteroatoms. The van der Waals surface area contributed by atoms with Gasteiger partial charge >= 0.3 is 0 Å². The van der Waals surface area contributed by atoms with Crippen LogP contribution in [-0.2, 0) is 19.7 Å². The first-order chi connectivity index (χ1) is 7.85. The zero-order chi connectivity index (χ0) is 12.9. The lowest BCUT2D eigenvalue weighted by Crippen LogP contribution is -2.38. The van der Waals surface area contributed by atoms with Gasteiger partial charge in [0, 0.05) is 11.8 Å². The molecule has 5 nitrogen and oxygen atoms in total. The van der Waals surface area contributed by atoms with Crippen LogP contribution in [0.3, 0.4) is 0 Å². The zero-order valence-electron chi connectivity index (χ0n) is 10.2. The van der Waals surface area contributed by atoms with Crippen LogP contribution in [0.5, 0.6) is 0 Å². The second-order valence-corrected chi connectivity index (χ2v) is 9.25. The van der Waals surface area contributed by atoms with Crippen LogP contribution >= 0.6 is 0 Å². The summed E-state index contributed by atoms with van der Waals surface area (Å²) >= 11 is 0. The third kappa shape index (κ3) is 5.83. The highest BCUT2D eigenvalue weighted by Gasteiger charge is 2.22. The SMILES string of the molecule is CCS(=O)(=O)CCCNC1CCS(=O)(=O)CC1. The quantitative estimate of drug-likeness (QED) is 0.693. The standard InChI is InChI=1S/C10H21NO4S2/c1-2-16(12,13)7-3-6-11-10-4-8-17(14,15)9-5-10/h10-11H,2-9H2,1H3. The van der Waals surface area contributed by atoms with Crippen molar-refractivity contribution in [3.05, 3.63) is 0 Å². The Labute approximate surface area is 104 Å². The first kappa shape index (κ1) is 14.9. The van der Waals surface area contributed by atoms with E-state index in [9.17, 15) is 16.8 Å². The molecule has 0 aliphatic carbocycles. The molecule has 1 saturated heterocycles. The molecular formula is C10H21NO4S2. The lowest BCUT2D eigenvalue weighted by molar-refractivity contribution is 0.463. The van der Waals surface area contributed by atoms with Crippen molar-refractivity contribution < 1.29 is 16.8 Å². The van der Waals surface area contributed by atoms with Crippen LogP contribution in [0.15, 0.2) is 0 Å². The van der Waals surface area contributed by atoms with Gasteiger partial charge < -0.3 is 5.32 Å². The van der Waals surface area contributed by atoms with Crippen molar-refractivity contribution in [2.45, 2.75) is 32.2 Å². The van der Waals surface area contributed by atoms with Crippen molar-refractivity contribution in [3.8, 4) is 0 Å². The molecule has 1 aliphatic rings. The Kier molecular flexibility index (Phi) is 5.40. The fraction of sp³-hybridized carbons (Fsp3) is 1.00. The highest BCUT2D eigenvalue weighted by atomic mass is 32.2. The van der Waals surface area contributed by atoms with Crippen LogP contribution in [0.2, 0.25) is 0 Å². The predicted molar refractivity (Wildman–Crippen MR) is 68.6 cm³/mol. The molecule has 0 aromatic heterocycles. The van der Waals surface area contributed by atoms with E-state index in [4.69, 9.17) is 0 Å². The third-order valence-electron chi connectivity index (χ3n) is 3.06. The molecule has 0 bridgehead atoms. The minimum Gasteiger partial charge on any atom is -0.314 e. The predicted octanol–water partition coefficient (Wildman–Crippen LogP) is -0.0220. The van der Waals surface area contributed by atoms with E-state index in [1.165, 1.54) is 0 Å². The second kappa shape index (κ2) is 6.15. The minimum absolute atomic E-state index is 0.189. The highest BCUT2D eigenvalue weighted by molar-refractivity contribution is 7.91. The fourth-order valence-corrected chi connectivity index (χ4v) is 4.20. The fourth-order valence-electron chi connectivity index (χ4n) is 1.84. The summed E-state index contributed by atoms with van der Waals surface area (Å²) in [5.41, 5.74) is 0. The summed E-state index contributed by atoms with van der Waals surface area (Å²) in [6.07, 6.45) is 1.88. The molecule has 0 unspecified atom stereocenters. The summed E-state index contributed by atoms with van der Waals surface area (Å²) in [6, 6.07) is 0.225. The summed E-state index contributed by atoms with van der Waals surface area (Å²) in [6.45, 7) is 2.29.